The molecule has 0 atom stereocenters. The minimum Gasteiger partial charge on any atom is -0.398 e. The molecule has 0 spiro atoms. The maximum Gasteiger partial charge on any atom is 0.260 e. The number of amides is 1. The molecule has 0 radical (unpaired) electrons. The molecule has 0 unspecified atom stereocenters. The molecule has 2 aromatic rings. The molecule has 0 saturated heterocycles. The first kappa shape index (κ1) is 13.1. The Balaban J connectivity index is 2.39. The van der Waals surface area contributed by atoms with Crippen LogP contribution in [-0.4, -0.2) is 12.5 Å². The summed E-state index contributed by atoms with van der Waals surface area (Å²) in [5, 5.41) is 0. The Labute approximate surface area is 113 Å². The predicted molar refractivity (Wildman–Crippen MR) is 79.4 cm³/mol. The van der Waals surface area contributed by atoms with Crippen molar-refractivity contribution in [1.82, 2.24) is 0 Å². The van der Waals surface area contributed by atoms with Gasteiger partial charge in [-0.25, -0.2) is 0 Å². The third kappa shape index (κ3) is 2.60. The summed E-state index contributed by atoms with van der Waals surface area (Å²) >= 11 is 0. The number of aryl methyl sites for hydroxylation is 1. The van der Waals surface area contributed by atoms with Gasteiger partial charge in [-0.1, -0.05) is 30.3 Å². The largest absolute Gasteiger partial charge is 0.398 e. The average Bonchev–Trinajstić information content (AvgIpc) is 2.44. The van der Waals surface area contributed by atoms with Crippen LogP contribution in [0.4, 0.5) is 11.4 Å². The summed E-state index contributed by atoms with van der Waals surface area (Å²) < 4.78 is 0. The van der Waals surface area contributed by atoms with Crippen molar-refractivity contribution in [3.63, 3.8) is 0 Å². The lowest BCUT2D eigenvalue weighted by atomic mass is 10.1. The van der Waals surface area contributed by atoms with Crippen molar-refractivity contribution in [3.8, 4) is 0 Å². The molecule has 0 fully saturated rings. The number of rotatable bonds is 3. The molecule has 0 heterocycles. The number of nitrogen functional groups attached to an aromatic ring is 1. The molecule has 0 aliphatic heterocycles. The fourth-order valence-corrected chi connectivity index (χ4v) is 2.06. The lowest BCUT2D eigenvalue weighted by Crippen LogP contribution is -2.31. The van der Waals surface area contributed by atoms with Crippen molar-refractivity contribution in [2.24, 2.45) is 0 Å². The number of carbonyl (C=O) groups is 1. The molecule has 0 bridgehead atoms. The number of nitrogens with zero attached hydrogens (tertiary/aromatic N) is 1. The first-order valence-corrected chi connectivity index (χ1v) is 6.37. The molecule has 19 heavy (non-hydrogen) atoms. The van der Waals surface area contributed by atoms with E-state index in [9.17, 15) is 4.79 Å². The molecule has 2 N–H and O–H groups in total. The number of nitrogens with two attached hydrogens (primary N) is 1. The Hall–Kier alpha value is -2.29. The Morgan fingerprint density at radius 2 is 1.79 bits per heavy atom. The van der Waals surface area contributed by atoms with Crippen molar-refractivity contribution in [1.29, 1.82) is 0 Å². The van der Waals surface area contributed by atoms with E-state index in [1.165, 1.54) is 0 Å². The molecule has 1 amide bonds. The summed E-state index contributed by atoms with van der Waals surface area (Å²) in [6.45, 7) is 4.47. The lowest BCUT2D eigenvalue weighted by Gasteiger charge is -2.22. The van der Waals surface area contributed by atoms with Crippen LogP contribution in [0.15, 0.2) is 48.5 Å². The molecular weight excluding hydrogens is 236 g/mol. The zero-order valence-corrected chi connectivity index (χ0v) is 11.3. The zero-order chi connectivity index (χ0) is 13.8. The van der Waals surface area contributed by atoms with Crippen molar-refractivity contribution in [3.05, 3.63) is 59.7 Å². The van der Waals surface area contributed by atoms with Crippen LogP contribution in [0, 0.1) is 6.92 Å². The minimum absolute atomic E-state index is 0.0603. The van der Waals surface area contributed by atoms with Crippen molar-refractivity contribution < 1.29 is 4.79 Å². The van der Waals surface area contributed by atoms with Gasteiger partial charge in [0.2, 0.25) is 0 Å². The van der Waals surface area contributed by atoms with Gasteiger partial charge < -0.3 is 10.6 Å². The summed E-state index contributed by atoms with van der Waals surface area (Å²) in [6.07, 6.45) is 0. The molecule has 3 heteroatoms. The second-order valence-corrected chi connectivity index (χ2v) is 4.42. The van der Waals surface area contributed by atoms with Crippen LogP contribution in [0.25, 0.3) is 0 Å². The number of hydrogen-bond acceptors (Lipinski definition) is 2. The average molecular weight is 254 g/mol. The number of para-hydroxylation sites is 2. The van der Waals surface area contributed by atoms with Gasteiger partial charge in [-0.2, -0.15) is 0 Å². The standard InChI is InChI=1S/C16H18N2O/c1-3-18(13-9-5-4-6-10-13)16(19)14-11-7-8-12(2)15(14)17/h4-11H,3,17H2,1-2H3. The highest BCUT2D eigenvalue weighted by atomic mass is 16.2. The predicted octanol–water partition coefficient (Wildman–Crippen LogP) is 3.24. The fourth-order valence-electron chi connectivity index (χ4n) is 2.06. The molecule has 3 nitrogen and oxygen atoms in total. The van der Waals surface area contributed by atoms with Gasteiger partial charge >= 0.3 is 0 Å². The first-order chi connectivity index (χ1) is 9.15. The topological polar surface area (TPSA) is 46.3 Å². The van der Waals surface area contributed by atoms with Crippen LogP contribution < -0.4 is 10.6 Å². The Kier molecular flexibility index (Phi) is 3.85. The van der Waals surface area contributed by atoms with Crippen molar-refractivity contribution in [2.75, 3.05) is 17.2 Å². The highest BCUT2D eigenvalue weighted by molar-refractivity contribution is 6.09. The summed E-state index contributed by atoms with van der Waals surface area (Å²) in [7, 11) is 0. The summed E-state index contributed by atoms with van der Waals surface area (Å²) in [6, 6.07) is 15.2. The van der Waals surface area contributed by atoms with Crippen LogP contribution in [-0.2, 0) is 0 Å². The maximum absolute atomic E-state index is 12.6. The SMILES string of the molecule is CCN(C(=O)c1cccc(C)c1N)c1ccccc1. The number of anilines is 2. The molecule has 0 saturated carbocycles. The zero-order valence-electron chi connectivity index (χ0n) is 11.3. The van der Waals surface area contributed by atoms with Gasteiger partial charge in [0, 0.05) is 17.9 Å². The van der Waals surface area contributed by atoms with Crippen LogP contribution >= 0.6 is 0 Å². The van der Waals surface area contributed by atoms with E-state index in [0.717, 1.165) is 11.3 Å². The smallest absolute Gasteiger partial charge is 0.260 e. The summed E-state index contributed by atoms with van der Waals surface area (Å²) in [5.74, 6) is -0.0603. The van der Waals surface area contributed by atoms with E-state index in [4.69, 9.17) is 5.73 Å². The Bertz CT molecular complexity index is 579. The molecular formula is C16H18N2O. The second-order valence-electron chi connectivity index (χ2n) is 4.42. The van der Waals surface area contributed by atoms with Gasteiger partial charge in [-0.05, 0) is 37.6 Å². The van der Waals surface area contributed by atoms with Crippen LogP contribution in [0.2, 0.25) is 0 Å². The van der Waals surface area contributed by atoms with E-state index in [1.54, 1.807) is 11.0 Å². The molecule has 0 aliphatic carbocycles. The van der Waals surface area contributed by atoms with E-state index < -0.39 is 0 Å². The van der Waals surface area contributed by atoms with Gasteiger partial charge in [0.15, 0.2) is 0 Å². The number of benzene rings is 2. The number of carbonyl (C=O) groups excluding carboxylic acids is 1. The lowest BCUT2D eigenvalue weighted by molar-refractivity contribution is 0.0989. The van der Waals surface area contributed by atoms with Crippen LogP contribution in [0.5, 0.6) is 0 Å². The van der Waals surface area contributed by atoms with Gasteiger partial charge in [-0.3, -0.25) is 4.79 Å². The van der Waals surface area contributed by atoms with Crippen molar-refractivity contribution in [2.45, 2.75) is 13.8 Å². The Morgan fingerprint density at radius 3 is 2.42 bits per heavy atom. The molecule has 0 aromatic heterocycles. The van der Waals surface area contributed by atoms with E-state index in [0.29, 0.717) is 17.8 Å². The molecule has 2 aromatic carbocycles. The van der Waals surface area contributed by atoms with Crippen molar-refractivity contribution >= 4 is 17.3 Å². The number of hydrogen-bond donors (Lipinski definition) is 1. The van der Waals surface area contributed by atoms with E-state index in [1.807, 2.05) is 56.3 Å². The molecule has 2 rings (SSSR count). The quantitative estimate of drug-likeness (QED) is 0.855. The third-order valence-electron chi connectivity index (χ3n) is 3.18. The maximum atomic E-state index is 12.6. The third-order valence-corrected chi connectivity index (χ3v) is 3.18. The van der Waals surface area contributed by atoms with E-state index in [2.05, 4.69) is 0 Å². The molecule has 98 valence electrons. The first-order valence-electron chi connectivity index (χ1n) is 6.37. The van der Waals surface area contributed by atoms with Gasteiger partial charge in [0.25, 0.3) is 5.91 Å². The van der Waals surface area contributed by atoms with Gasteiger partial charge in [-0.15, -0.1) is 0 Å². The normalized spacial score (nSPS) is 10.2. The highest BCUT2D eigenvalue weighted by Gasteiger charge is 2.18. The highest BCUT2D eigenvalue weighted by Crippen LogP contribution is 2.22. The van der Waals surface area contributed by atoms with E-state index >= 15 is 0 Å². The van der Waals surface area contributed by atoms with Crippen LogP contribution in [0.1, 0.15) is 22.8 Å². The summed E-state index contributed by atoms with van der Waals surface area (Å²) in [4.78, 5) is 14.3. The fraction of sp³-hybridized carbons (Fsp3) is 0.188. The monoisotopic (exact) mass is 254 g/mol. The van der Waals surface area contributed by atoms with Gasteiger partial charge in [0.1, 0.15) is 0 Å². The Morgan fingerprint density at radius 1 is 1.11 bits per heavy atom. The minimum atomic E-state index is -0.0603. The molecule has 0 aliphatic rings. The van der Waals surface area contributed by atoms with Crippen LogP contribution in [0.3, 0.4) is 0 Å². The van der Waals surface area contributed by atoms with Gasteiger partial charge in [0.05, 0.1) is 5.56 Å². The second kappa shape index (κ2) is 5.57. The van der Waals surface area contributed by atoms with E-state index in [-0.39, 0.29) is 5.91 Å². The summed E-state index contributed by atoms with van der Waals surface area (Å²) in [5.41, 5.74) is 8.94.